The van der Waals surface area contributed by atoms with Crippen LogP contribution in [0.15, 0.2) is 5.16 Å². The molecule has 0 aliphatic carbocycles. The fourth-order valence-corrected chi connectivity index (χ4v) is 2.29. The van der Waals surface area contributed by atoms with E-state index >= 15 is 0 Å². The van der Waals surface area contributed by atoms with Crippen LogP contribution in [0.3, 0.4) is 0 Å². The predicted molar refractivity (Wildman–Crippen MR) is 76.7 cm³/mol. The normalized spacial score (nSPS) is 23.1. The molecule has 1 aliphatic heterocycles. The van der Waals surface area contributed by atoms with Crippen LogP contribution >= 0.6 is 0 Å². The molecule has 0 aromatic carbocycles. The third kappa shape index (κ3) is 3.21. The Morgan fingerprint density at radius 1 is 1.55 bits per heavy atom. The number of nitrogens with two attached hydrogens (primary N) is 1. The van der Waals surface area contributed by atoms with Gasteiger partial charge in [-0.1, -0.05) is 12.1 Å². The van der Waals surface area contributed by atoms with E-state index in [9.17, 15) is 4.79 Å². The summed E-state index contributed by atoms with van der Waals surface area (Å²) in [5, 5.41) is 15.1. The first-order chi connectivity index (χ1) is 9.33. The number of amides is 1. The van der Waals surface area contributed by atoms with Crippen molar-refractivity contribution < 1.29 is 14.7 Å². The molecule has 1 rings (SSSR count). The number of likely N-dealkylation sites (tertiary alicyclic amines) is 1. The summed E-state index contributed by atoms with van der Waals surface area (Å²) in [5.41, 5.74) is 4.12. The van der Waals surface area contributed by atoms with E-state index in [1.807, 2.05) is 14.0 Å². The van der Waals surface area contributed by atoms with E-state index in [4.69, 9.17) is 15.7 Å². The number of methoxy groups -OCH3 is 1. The molecule has 7 nitrogen and oxygen atoms in total. The number of hydrogen-bond acceptors (Lipinski definition) is 5. The highest BCUT2D eigenvalue weighted by atomic mass is 16.5. The van der Waals surface area contributed by atoms with Crippen LogP contribution in [0, 0.1) is 0 Å². The Morgan fingerprint density at radius 2 is 2.10 bits per heavy atom. The first kappa shape index (κ1) is 16.7. The molecule has 20 heavy (non-hydrogen) atoms. The monoisotopic (exact) mass is 286 g/mol. The molecular formula is C13H26N4O3. The number of rotatable bonds is 5. The number of nitrogens with one attached hydrogen (secondary N) is 1. The van der Waals surface area contributed by atoms with Gasteiger partial charge in [-0.25, -0.2) is 0 Å². The maximum Gasteiger partial charge on any atom is 0.252 e. The second kappa shape index (κ2) is 6.41. The van der Waals surface area contributed by atoms with Crippen LogP contribution in [0.25, 0.3) is 0 Å². The van der Waals surface area contributed by atoms with Crippen LogP contribution < -0.4 is 11.1 Å². The van der Waals surface area contributed by atoms with Crippen molar-refractivity contribution >= 4 is 11.7 Å². The minimum atomic E-state index is -0.911. The summed E-state index contributed by atoms with van der Waals surface area (Å²) in [6, 6.07) is 0. The Balaban J connectivity index is 2.95. The lowest BCUT2D eigenvalue weighted by atomic mass is 9.85. The summed E-state index contributed by atoms with van der Waals surface area (Å²) in [5.74, 6) is -0.188. The van der Waals surface area contributed by atoms with Crippen LogP contribution in [0.4, 0.5) is 0 Å². The molecule has 4 N–H and O–H groups in total. The van der Waals surface area contributed by atoms with E-state index in [1.165, 1.54) is 7.11 Å². The lowest BCUT2D eigenvalue weighted by molar-refractivity contribution is -0.143. The van der Waals surface area contributed by atoms with Gasteiger partial charge in [-0.15, -0.1) is 0 Å². The molecule has 0 aromatic heterocycles. The minimum absolute atomic E-state index is 0.0495. The lowest BCUT2D eigenvalue weighted by Gasteiger charge is -2.42. The van der Waals surface area contributed by atoms with Crippen molar-refractivity contribution in [3.05, 3.63) is 0 Å². The van der Waals surface area contributed by atoms with Gasteiger partial charge in [-0.05, 0) is 33.2 Å². The zero-order valence-electron chi connectivity index (χ0n) is 12.8. The van der Waals surface area contributed by atoms with Crippen molar-refractivity contribution in [3.8, 4) is 0 Å². The Morgan fingerprint density at radius 3 is 2.50 bits per heavy atom. The fourth-order valence-electron chi connectivity index (χ4n) is 2.29. The maximum atomic E-state index is 12.5. The molecule has 1 heterocycles. The Labute approximate surface area is 120 Å². The second-order valence-electron chi connectivity index (χ2n) is 5.61. The van der Waals surface area contributed by atoms with Gasteiger partial charge in [0.15, 0.2) is 5.84 Å². The summed E-state index contributed by atoms with van der Waals surface area (Å²) < 4.78 is 5.30. The second-order valence-corrected chi connectivity index (χ2v) is 5.61. The quantitative estimate of drug-likeness (QED) is 0.289. The first-order valence-corrected chi connectivity index (χ1v) is 6.88. The number of ether oxygens (including phenoxy) is 1. The molecule has 0 aromatic rings. The Hall–Kier alpha value is -1.34. The summed E-state index contributed by atoms with van der Waals surface area (Å²) in [4.78, 5) is 14.6. The maximum absolute atomic E-state index is 12.5. The van der Waals surface area contributed by atoms with E-state index in [-0.39, 0.29) is 11.7 Å². The predicted octanol–water partition coefficient (Wildman–Crippen LogP) is 0.129. The minimum Gasteiger partial charge on any atom is -0.409 e. The number of piperidine rings is 1. The van der Waals surface area contributed by atoms with Gasteiger partial charge in [0.05, 0.1) is 0 Å². The molecule has 7 heteroatoms. The molecule has 1 saturated heterocycles. The number of oxime groups is 1. The fraction of sp³-hybridized carbons (Fsp3) is 0.846. The van der Waals surface area contributed by atoms with Gasteiger partial charge in [0.1, 0.15) is 11.1 Å². The van der Waals surface area contributed by atoms with Crippen LogP contribution in [0.1, 0.15) is 33.1 Å². The van der Waals surface area contributed by atoms with Crippen LogP contribution in [0.5, 0.6) is 0 Å². The van der Waals surface area contributed by atoms with Crippen molar-refractivity contribution in [1.29, 1.82) is 0 Å². The Bertz CT molecular complexity index is 372. The third-order valence-electron chi connectivity index (χ3n) is 4.40. The SMILES string of the molecule is CCC(C)(OC)C(=O)NC1(C(N)=NO)CCN(C)CC1. The highest BCUT2D eigenvalue weighted by Crippen LogP contribution is 2.24. The summed E-state index contributed by atoms with van der Waals surface area (Å²) in [7, 11) is 3.51. The third-order valence-corrected chi connectivity index (χ3v) is 4.40. The van der Waals surface area contributed by atoms with Crippen LogP contribution in [-0.4, -0.2) is 60.2 Å². The molecule has 1 aliphatic rings. The van der Waals surface area contributed by atoms with E-state index < -0.39 is 11.1 Å². The van der Waals surface area contributed by atoms with Gasteiger partial charge < -0.3 is 25.9 Å². The highest BCUT2D eigenvalue weighted by molar-refractivity contribution is 5.96. The van der Waals surface area contributed by atoms with Gasteiger partial charge in [0, 0.05) is 20.2 Å². The standard InChI is InChI=1S/C13H26N4O3/c1-5-12(2,20-4)11(18)15-13(10(14)16-19)6-8-17(3)9-7-13/h19H,5-9H2,1-4H3,(H2,14,16)(H,15,18). The zero-order valence-corrected chi connectivity index (χ0v) is 12.8. The molecule has 1 amide bonds. The average molecular weight is 286 g/mol. The molecule has 1 fully saturated rings. The molecule has 1 unspecified atom stereocenters. The molecule has 1 atom stereocenters. The number of amidine groups is 1. The number of carbonyl (C=O) groups is 1. The van der Waals surface area contributed by atoms with Crippen molar-refractivity contribution in [3.63, 3.8) is 0 Å². The van der Waals surface area contributed by atoms with E-state index in [0.717, 1.165) is 13.1 Å². The number of carbonyl (C=O) groups excluding carboxylic acids is 1. The smallest absolute Gasteiger partial charge is 0.252 e. The molecule has 0 saturated carbocycles. The summed E-state index contributed by atoms with van der Waals surface area (Å²) >= 11 is 0. The summed E-state index contributed by atoms with van der Waals surface area (Å²) in [6.07, 6.45) is 1.75. The zero-order chi connectivity index (χ0) is 15.4. The average Bonchev–Trinajstić information content (AvgIpc) is 2.47. The number of nitrogens with zero attached hydrogens (tertiary/aromatic N) is 2. The Kier molecular flexibility index (Phi) is 5.35. The topological polar surface area (TPSA) is 100 Å². The van der Waals surface area contributed by atoms with E-state index in [1.54, 1.807) is 6.92 Å². The van der Waals surface area contributed by atoms with Crippen molar-refractivity contribution in [2.75, 3.05) is 27.2 Å². The molecular weight excluding hydrogens is 260 g/mol. The highest BCUT2D eigenvalue weighted by Gasteiger charge is 2.43. The lowest BCUT2D eigenvalue weighted by Crippen LogP contribution is -2.65. The van der Waals surface area contributed by atoms with Crippen molar-refractivity contribution in [2.45, 2.75) is 44.2 Å². The van der Waals surface area contributed by atoms with Crippen molar-refractivity contribution in [2.24, 2.45) is 10.9 Å². The van der Waals surface area contributed by atoms with Gasteiger partial charge in [-0.2, -0.15) is 0 Å². The largest absolute Gasteiger partial charge is 0.409 e. The van der Waals surface area contributed by atoms with E-state index in [2.05, 4.69) is 15.4 Å². The molecule has 0 bridgehead atoms. The van der Waals surface area contributed by atoms with E-state index in [0.29, 0.717) is 19.3 Å². The van der Waals surface area contributed by atoms with Gasteiger partial charge in [0.25, 0.3) is 5.91 Å². The van der Waals surface area contributed by atoms with Gasteiger partial charge in [0.2, 0.25) is 0 Å². The molecule has 0 radical (unpaired) electrons. The van der Waals surface area contributed by atoms with Crippen molar-refractivity contribution in [1.82, 2.24) is 10.2 Å². The molecule has 116 valence electrons. The van der Waals surface area contributed by atoms with Gasteiger partial charge in [-0.3, -0.25) is 4.79 Å². The molecule has 0 spiro atoms. The number of hydrogen-bond donors (Lipinski definition) is 3. The van der Waals surface area contributed by atoms with Crippen LogP contribution in [0.2, 0.25) is 0 Å². The van der Waals surface area contributed by atoms with Gasteiger partial charge >= 0.3 is 0 Å². The summed E-state index contributed by atoms with van der Waals surface area (Å²) in [6.45, 7) is 5.16. The van der Waals surface area contributed by atoms with Crippen LogP contribution in [-0.2, 0) is 9.53 Å². The first-order valence-electron chi connectivity index (χ1n) is 6.88.